The number of amides is 1. The SMILES string of the molecule is O=C1C(=O)N(Cc2ccco2)[C@@H](c2ccc(Cl)cc2Cl)/C1=C(\O)c1ccc(Cl)cc1. The number of carbonyl (C=O) groups excluding carboxylic acids is 2. The number of benzene rings is 2. The summed E-state index contributed by atoms with van der Waals surface area (Å²) in [6.07, 6.45) is 1.48. The van der Waals surface area contributed by atoms with E-state index >= 15 is 0 Å². The summed E-state index contributed by atoms with van der Waals surface area (Å²) >= 11 is 18.4. The average molecular weight is 463 g/mol. The number of likely N-dealkylation sites (tertiary alicyclic amines) is 1. The van der Waals surface area contributed by atoms with Gasteiger partial charge in [0, 0.05) is 20.6 Å². The lowest BCUT2D eigenvalue weighted by molar-refractivity contribution is -0.140. The van der Waals surface area contributed by atoms with Crippen molar-refractivity contribution in [1.29, 1.82) is 0 Å². The van der Waals surface area contributed by atoms with Crippen molar-refractivity contribution in [1.82, 2.24) is 4.90 Å². The van der Waals surface area contributed by atoms with Crippen molar-refractivity contribution in [3.63, 3.8) is 0 Å². The highest BCUT2D eigenvalue weighted by Gasteiger charge is 2.47. The fourth-order valence-electron chi connectivity index (χ4n) is 3.42. The molecule has 2 heterocycles. The highest BCUT2D eigenvalue weighted by Crippen LogP contribution is 2.43. The molecule has 1 N–H and O–H groups in total. The lowest BCUT2D eigenvalue weighted by Gasteiger charge is -2.25. The maximum atomic E-state index is 13.0. The first-order chi connectivity index (χ1) is 14.4. The van der Waals surface area contributed by atoms with Gasteiger partial charge in [-0.3, -0.25) is 9.59 Å². The molecule has 0 aliphatic carbocycles. The van der Waals surface area contributed by atoms with Crippen molar-refractivity contribution in [3.8, 4) is 0 Å². The molecule has 4 rings (SSSR count). The zero-order chi connectivity index (χ0) is 21.4. The summed E-state index contributed by atoms with van der Waals surface area (Å²) in [6, 6.07) is 13.5. The van der Waals surface area contributed by atoms with Crippen LogP contribution in [0.2, 0.25) is 15.1 Å². The Bertz CT molecular complexity index is 1150. The van der Waals surface area contributed by atoms with E-state index in [9.17, 15) is 14.7 Å². The van der Waals surface area contributed by atoms with Crippen LogP contribution in [-0.4, -0.2) is 21.7 Å². The molecule has 0 bridgehead atoms. The average Bonchev–Trinajstić information content (AvgIpc) is 3.31. The van der Waals surface area contributed by atoms with Gasteiger partial charge >= 0.3 is 0 Å². The maximum absolute atomic E-state index is 13.0. The van der Waals surface area contributed by atoms with Crippen molar-refractivity contribution in [2.75, 3.05) is 0 Å². The Morgan fingerprint density at radius 3 is 2.33 bits per heavy atom. The Morgan fingerprint density at radius 2 is 1.70 bits per heavy atom. The van der Waals surface area contributed by atoms with Crippen LogP contribution < -0.4 is 0 Å². The van der Waals surface area contributed by atoms with E-state index in [0.717, 1.165) is 0 Å². The minimum atomic E-state index is -0.921. The van der Waals surface area contributed by atoms with Crippen molar-refractivity contribution in [2.45, 2.75) is 12.6 Å². The minimum absolute atomic E-state index is 0.0264. The molecule has 152 valence electrons. The number of aliphatic hydroxyl groups is 1. The molecule has 0 unspecified atom stereocenters. The quantitative estimate of drug-likeness (QED) is 0.299. The Labute approximate surface area is 187 Å². The zero-order valence-electron chi connectivity index (χ0n) is 15.3. The number of furan rings is 1. The lowest BCUT2D eigenvalue weighted by Crippen LogP contribution is -2.29. The van der Waals surface area contributed by atoms with Gasteiger partial charge in [-0.15, -0.1) is 0 Å². The molecular formula is C22H14Cl3NO4. The van der Waals surface area contributed by atoms with Gasteiger partial charge in [0.1, 0.15) is 11.5 Å². The first kappa shape index (κ1) is 20.5. The summed E-state index contributed by atoms with van der Waals surface area (Å²) in [6.45, 7) is 0.0264. The number of rotatable bonds is 4. The van der Waals surface area contributed by atoms with Crippen molar-refractivity contribution < 1.29 is 19.1 Å². The number of Topliss-reactive ketones (excluding diaryl/α,β-unsaturated/α-hetero) is 1. The van der Waals surface area contributed by atoms with Gasteiger partial charge in [-0.1, -0.05) is 40.9 Å². The largest absolute Gasteiger partial charge is 0.507 e. The molecule has 0 radical (unpaired) electrons. The van der Waals surface area contributed by atoms with Gasteiger partial charge in [0.05, 0.1) is 24.4 Å². The van der Waals surface area contributed by atoms with Crippen molar-refractivity contribution in [2.24, 2.45) is 0 Å². The number of nitrogens with zero attached hydrogens (tertiary/aromatic N) is 1. The topological polar surface area (TPSA) is 70.8 Å². The molecule has 2 aromatic carbocycles. The molecule has 30 heavy (non-hydrogen) atoms. The third-order valence-corrected chi connectivity index (χ3v) is 5.64. The van der Waals surface area contributed by atoms with Crippen LogP contribution in [0.1, 0.15) is 22.9 Å². The van der Waals surface area contributed by atoms with E-state index in [1.165, 1.54) is 17.2 Å². The summed E-state index contributed by atoms with van der Waals surface area (Å²) in [7, 11) is 0. The summed E-state index contributed by atoms with van der Waals surface area (Å²) in [5.41, 5.74) is 0.742. The van der Waals surface area contributed by atoms with E-state index in [2.05, 4.69) is 0 Å². The smallest absolute Gasteiger partial charge is 0.296 e. The van der Waals surface area contributed by atoms with Gasteiger partial charge in [-0.2, -0.15) is 0 Å². The fourth-order valence-corrected chi connectivity index (χ4v) is 4.06. The van der Waals surface area contributed by atoms with Crippen molar-refractivity contribution in [3.05, 3.63) is 98.4 Å². The lowest BCUT2D eigenvalue weighted by atomic mass is 9.95. The third kappa shape index (κ3) is 3.72. The Kier molecular flexibility index (Phi) is 5.60. The van der Waals surface area contributed by atoms with Gasteiger partial charge in [-0.05, 0) is 54.1 Å². The number of carbonyl (C=O) groups is 2. The molecular weight excluding hydrogens is 449 g/mol. The normalized spacial score (nSPS) is 18.2. The summed E-state index contributed by atoms with van der Waals surface area (Å²) < 4.78 is 5.35. The number of ketones is 1. The molecule has 3 aromatic rings. The highest BCUT2D eigenvalue weighted by molar-refractivity contribution is 6.47. The van der Waals surface area contributed by atoms with Gasteiger partial charge in [0.15, 0.2) is 0 Å². The van der Waals surface area contributed by atoms with Crippen LogP contribution in [0, 0.1) is 0 Å². The van der Waals surface area contributed by atoms with E-state index in [1.54, 1.807) is 48.5 Å². The van der Waals surface area contributed by atoms with Crippen LogP contribution in [0.4, 0.5) is 0 Å². The first-order valence-corrected chi connectivity index (χ1v) is 10.0. The van der Waals surface area contributed by atoms with Crippen LogP contribution in [0.25, 0.3) is 5.76 Å². The minimum Gasteiger partial charge on any atom is -0.507 e. The Morgan fingerprint density at radius 1 is 1.00 bits per heavy atom. The maximum Gasteiger partial charge on any atom is 0.296 e. The molecule has 1 saturated heterocycles. The van der Waals surface area contributed by atoms with E-state index in [0.29, 0.717) is 26.9 Å². The molecule has 1 aliphatic heterocycles. The predicted octanol–water partition coefficient (Wildman–Crippen LogP) is 5.86. The van der Waals surface area contributed by atoms with Crippen molar-refractivity contribution >= 4 is 52.3 Å². The highest BCUT2D eigenvalue weighted by atomic mass is 35.5. The Hall–Kier alpha value is -2.73. The zero-order valence-corrected chi connectivity index (χ0v) is 17.6. The van der Waals surface area contributed by atoms with Gasteiger partial charge in [0.2, 0.25) is 0 Å². The molecule has 8 heteroatoms. The summed E-state index contributed by atoms with van der Waals surface area (Å²) in [4.78, 5) is 27.2. The second kappa shape index (κ2) is 8.19. The Balaban J connectivity index is 1.90. The number of halogens is 3. The molecule has 1 fully saturated rings. The van der Waals surface area contributed by atoms with Crippen LogP contribution in [-0.2, 0) is 16.1 Å². The number of hydrogen-bond acceptors (Lipinski definition) is 4. The third-order valence-electron chi connectivity index (χ3n) is 4.82. The molecule has 5 nitrogen and oxygen atoms in total. The fraction of sp³-hybridized carbons (Fsp3) is 0.0909. The predicted molar refractivity (Wildman–Crippen MR) is 114 cm³/mol. The second-order valence-electron chi connectivity index (χ2n) is 6.68. The van der Waals surface area contributed by atoms with Crippen LogP contribution in [0.3, 0.4) is 0 Å². The van der Waals surface area contributed by atoms with E-state index in [4.69, 9.17) is 39.2 Å². The van der Waals surface area contributed by atoms with E-state index in [1.807, 2.05) is 0 Å². The van der Waals surface area contributed by atoms with Crippen LogP contribution in [0.15, 0.2) is 70.9 Å². The van der Waals surface area contributed by atoms with Gasteiger partial charge in [0.25, 0.3) is 11.7 Å². The molecule has 1 atom stereocenters. The summed E-state index contributed by atoms with van der Waals surface area (Å²) in [5, 5.41) is 12.1. The number of hydrogen-bond donors (Lipinski definition) is 1. The summed E-state index contributed by atoms with van der Waals surface area (Å²) in [5.74, 6) is -1.41. The monoisotopic (exact) mass is 461 g/mol. The van der Waals surface area contributed by atoms with Crippen LogP contribution in [0.5, 0.6) is 0 Å². The molecule has 1 amide bonds. The molecule has 1 aromatic heterocycles. The second-order valence-corrected chi connectivity index (χ2v) is 7.96. The number of aliphatic hydroxyl groups excluding tert-OH is 1. The van der Waals surface area contributed by atoms with Gasteiger partial charge < -0.3 is 14.4 Å². The molecule has 1 aliphatic rings. The first-order valence-electron chi connectivity index (χ1n) is 8.88. The molecule has 0 saturated carbocycles. The van der Waals surface area contributed by atoms with E-state index < -0.39 is 17.7 Å². The molecule has 0 spiro atoms. The van der Waals surface area contributed by atoms with Gasteiger partial charge in [-0.25, -0.2) is 0 Å². The van der Waals surface area contributed by atoms with Crippen LogP contribution >= 0.6 is 34.8 Å². The standard InChI is InChI=1S/C22H14Cl3NO4/c23-13-5-3-12(4-6-13)20(27)18-19(16-8-7-14(24)10-17(16)25)26(22(29)21(18)28)11-15-2-1-9-30-15/h1-10,19,27H,11H2/b20-18+/t19-/m0/s1. The van der Waals surface area contributed by atoms with E-state index in [-0.39, 0.29) is 22.9 Å².